The number of hydrogen-bond donors (Lipinski definition) is 2. The zero-order valence-electron chi connectivity index (χ0n) is 14.1. The van der Waals surface area contributed by atoms with Crippen LogP contribution >= 0.6 is 11.3 Å². The Hall–Kier alpha value is -2.65. The summed E-state index contributed by atoms with van der Waals surface area (Å²) in [5.41, 5.74) is 1.45. The number of carbonyl (C=O) groups excluding carboxylic acids is 1. The van der Waals surface area contributed by atoms with E-state index in [1.54, 1.807) is 5.38 Å². The Morgan fingerprint density at radius 3 is 2.96 bits per heavy atom. The minimum atomic E-state index is -1.09. The number of hydrogen-bond acceptors (Lipinski definition) is 7. The highest BCUT2D eigenvalue weighted by Crippen LogP contribution is 2.36. The number of nitrogens with one attached hydrogen (secondary N) is 1. The number of aromatic nitrogens is 1. The fraction of sp³-hybridized carbons (Fsp3) is 0.353. The number of carboxylic acids is 1. The molecule has 1 aliphatic rings. The molecule has 8 nitrogen and oxygen atoms in total. The van der Waals surface area contributed by atoms with Crippen LogP contribution in [0.15, 0.2) is 23.6 Å². The third-order valence-electron chi connectivity index (χ3n) is 3.76. The lowest BCUT2D eigenvalue weighted by Gasteiger charge is -2.13. The van der Waals surface area contributed by atoms with Crippen LogP contribution in [-0.2, 0) is 20.7 Å². The average molecular weight is 378 g/mol. The van der Waals surface area contributed by atoms with E-state index in [1.807, 2.05) is 18.2 Å². The molecule has 1 unspecified atom stereocenters. The van der Waals surface area contributed by atoms with Gasteiger partial charge in [0, 0.05) is 31.1 Å². The summed E-state index contributed by atoms with van der Waals surface area (Å²) in [5, 5.41) is 14.2. The van der Waals surface area contributed by atoms with Crippen LogP contribution < -0.4 is 14.8 Å². The van der Waals surface area contributed by atoms with Gasteiger partial charge < -0.3 is 24.6 Å². The number of thiazole rings is 1. The van der Waals surface area contributed by atoms with E-state index in [0.717, 1.165) is 10.6 Å². The van der Waals surface area contributed by atoms with E-state index in [9.17, 15) is 9.59 Å². The summed E-state index contributed by atoms with van der Waals surface area (Å²) in [7, 11) is 1.48. The monoisotopic (exact) mass is 378 g/mol. The molecule has 1 atom stereocenters. The standard InChI is InChI=1S/C17H18N2O6S/c1-23-5-4-12(17(21)22)19-15(20)7-11-8-26-16(18-11)10-2-3-13-14(6-10)25-9-24-13/h2-3,6,8,12H,4-5,7,9H2,1H3,(H,19,20)(H,21,22). The highest BCUT2D eigenvalue weighted by molar-refractivity contribution is 7.13. The Labute approximate surface area is 153 Å². The molecule has 0 saturated carbocycles. The molecule has 138 valence electrons. The molecule has 2 N–H and O–H groups in total. The summed E-state index contributed by atoms with van der Waals surface area (Å²) in [6.45, 7) is 0.456. The van der Waals surface area contributed by atoms with Gasteiger partial charge in [-0.1, -0.05) is 0 Å². The van der Waals surface area contributed by atoms with E-state index in [1.165, 1.54) is 18.4 Å². The maximum atomic E-state index is 12.1. The van der Waals surface area contributed by atoms with Gasteiger partial charge in [-0.05, 0) is 18.2 Å². The van der Waals surface area contributed by atoms with Crippen molar-refractivity contribution in [1.29, 1.82) is 0 Å². The van der Waals surface area contributed by atoms with Gasteiger partial charge >= 0.3 is 5.97 Å². The van der Waals surface area contributed by atoms with E-state index in [4.69, 9.17) is 19.3 Å². The van der Waals surface area contributed by atoms with E-state index >= 15 is 0 Å². The minimum Gasteiger partial charge on any atom is -0.480 e. The fourth-order valence-corrected chi connectivity index (χ4v) is 3.27. The second-order valence-electron chi connectivity index (χ2n) is 5.63. The Morgan fingerprint density at radius 1 is 1.38 bits per heavy atom. The molecular formula is C17H18N2O6S. The molecule has 0 aliphatic carbocycles. The molecule has 2 heterocycles. The van der Waals surface area contributed by atoms with Crippen LogP contribution in [0, 0.1) is 0 Å². The number of rotatable bonds is 8. The Kier molecular flexibility index (Phi) is 5.69. The van der Waals surface area contributed by atoms with Crippen LogP contribution in [0.2, 0.25) is 0 Å². The lowest BCUT2D eigenvalue weighted by molar-refractivity contribution is -0.142. The number of benzene rings is 1. The van der Waals surface area contributed by atoms with Crippen molar-refractivity contribution in [2.45, 2.75) is 18.9 Å². The van der Waals surface area contributed by atoms with Crippen molar-refractivity contribution in [3.8, 4) is 22.1 Å². The summed E-state index contributed by atoms with van der Waals surface area (Å²) >= 11 is 1.41. The molecule has 0 fully saturated rings. The van der Waals surface area contributed by atoms with Gasteiger partial charge in [-0.25, -0.2) is 9.78 Å². The lowest BCUT2D eigenvalue weighted by Crippen LogP contribution is -2.42. The number of carboxylic acid groups (broad SMARTS) is 1. The van der Waals surface area contributed by atoms with Gasteiger partial charge in [0.05, 0.1) is 12.1 Å². The van der Waals surface area contributed by atoms with Crippen molar-refractivity contribution in [1.82, 2.24) is 10.3 Å². The molecule has 0 radical (unpaired) electrons. The van der Waals surface area contributed by atoms with Gasteiger partial charge in [0.1, 0.15) is 11.0 Å². The van der Waals surface area contributed by atoms with Gasteiger partial charge in [-0.2, -0.15) is 0 Å². The summed E-state index contributed by atoms with van der Waals surface area (Å²) in [5.74, 6) is -0.120. The molecule has 1 amide bonds. The molecule has 9 heteroatoms. The lowest BCUT2D eigenvalue weighted by atomic mass is 10.2. The molecule has 1 aromatic carbocycles. The van der Waals surface area contributed by atoms with Crippen molar-refractivity contribution in [2.24, 2.45) is 0 Å². The Balaban J connectivity index is 1.62. The van der Waals surface area contributed by atoms with Crippen LogP contribution in [0.1, 0.15) is 12.1 Å². The van der Waals surface area contributed by atoms with E-state index in [0.29, 0.717) is 17.2 Å². The van der Waals surface area contributed by atoms with Crippen LogP contribution in [-0.4, -0.2) is 48.5 Å². The van der Waals surface area contributed by atoms with E-state index in [-0.39, 0.29) is 26.2 Å². The second-order valence-corrected chi connectivity index (χ2v) is 6.49. The van der Waals surface area contributed by atoms with E-state index < -0.39 is 17.9 Å². The zero-order chi connectivity index (χ0) is 18.5. The number of nitrogens with zero attached hydrogens (tertiary/aromatic N) is 1. The first kappa shape index (κ1) is 18.2. The number of carbonyl (C=O) groups is 2. The van der Waals surface area contributed by atoms with Crippen LogP contribution in [0.4, 0.5) is 0 Å². The molecular weight excluding hydrogens is 360 g/mol. The van der Waals surface area contributed by atoms with Gasteiger partial charge in [0.2, 0.25) is 12.7 Å². The smallest absolute Gasteiger partial charge is 0.326 e. The Morgan fingerprint density at radius 2 is 2.19 bits per heavy atom. The fourth-order valence-electron chi connectivity index (χ4n) is 2.45. The van der Waals surface area contributed by atoms with Gasteiger partial charge in [-0.3, -0.25) is 4.79 Å². The van der Waals surface area contributed by atoms with Crippen molar-refractivity contribution in [3.05, 3.63) is 29.3 Å². The minimum absolute atomic E-state index is 0.0117. The summed E-state index contributed by atoms with van der Waals surface area (Å²) < 4.78 is 15.5. The molecule has 3 rings (SSSR count). The molecule has 0 spiro atoms. The molecule has 0 saturated heterocycles. The third kappa shape index (κ3) is 4.30. The first-order chi connectivity index (χ1) is 12.6. The first-order valence-electron chi connectivity index (χ1n) is 7.92. The maximum absolute atomic E-state index is 12.1. The highest BCUT2D eigenvalue weighted by atomic mass is 32.1. The largest absolute Gasteiger partial charge is 0.480 e. The van der Waals surface area contributed by atoms with Crippen molar-refractivity contribution in [2.75, 3.05) is 20.5 Å². The summed E-state index contributed by atoms with van der Waals surface area (Å²) in [4.78, 5) is 27.7. The van der Waals surface area contributed by atoms with E-state index in [2.05, 4.69) is 10.3 Å². The molecule has 1 aliphatic heterocycles. The molecule has 2 aromatic rings. The highest BCUT2D eigenvalue weighted by Gasteiger charge is 2.20. The number of ether oxygens (including phenoxy) is 3. The van der Waals surface area contributed by atoms with Crippen molar-refractivity contribution >= 4 is 23.2 Å². The SMILES string of the molecule is COCCC(NC(=O)Cc1csc(-c2ccc3c(c2)OCO3)n1)C(=O)O. The molecule has 0 bridgehead atoms. The zero-order valence-corrected chi connectivity index (χ0v) is 14.9. The number of amides is 1. The normalized spacial score (nSPS) is 13.4. The summed E-state index contributed by atoms with van der Waals surface area (Å²) in [6, 6.07) is 4.56. The third-order valence-corrected chi connectivity index (χ3v) is 4.70. The predicted molar refractivity (Wildman–Crippen MR) is 93.4 cm³/mol. The van der Waals surface area contributed by atoms with Crippen molar-refractivity contribution < 1.29 is 28.9 Å². The Bertz CT molecular complexity index is 806. The molecule has 26 heavy (non-hydrogen) atoms. The average Bonchev–Trinajstić information content (AvgIpc) is 3.26. The number of aliphatic carboxylic acids is 1. The topological polar surface area (TPSA) is 107 Å². The summed E-state index contributed by atoms with van der Waals surface area (Å²) in [6.07, 6.45) is 0.217. The first-order valence-corrected chi connectivity index (χ1v) is 8.80. The van der Waals surface area contributed by atoms with Crippen LogP contribution in [0.5, 0.6) is 11.5 Å². The maximum Gasteiger partial charge on any atom is 0.326 e. The van der Waals surface area contributed by atoms with Gasteiger partial charge in [0.15, 0.2) is 11.5 Å². The number of methoxy groups -OCH3 is 1. The predicted octanol–water partition coefficient (Wildman–Crippen LogP) is 1.69. The van der Waals surface area contributed by atoms with Gasteiger partial charge in [0.25, 0.3) is 0 Å². The van der Waals surface area contributed by atoms with Crippen LogP contribution in [0.25, 0.3) is 10.6 Å². The van der Waals surface area contributed by atoms with Gasteiger partial charge in [-0.15, -0.1) is 11.3 Å². The molecule has 1 aromatic heterocycles. The van der Waals surface area contributed by atoms with Crippen LogP contribution in [0.3, 0.4) is 0 Å². The number of fused-ring (bicyclic) bond motifs is 1. The second kappa shape index (κ2) is 8.15. The quantitative estimate of drug-likeness (QED) is 0.720. The van der Waals surface area contributed by atoms with Crippen molar-refractivity contribution in [3.63, 3.8) is 0 Å².